The van der Waals surface area contributed by atoms with E-state index in [0.29, 0.717) is 19.0 Å². The molecule has 1 aliphatic heterocycles. The minimum atomic E-state index is 0. The first-order valence-electron chi connectivity index (χ1n) is 11.9. The summed E-state index contributed by atoms with van der Waals surface area (Å²) in [5.74, 6) is 1.86. The molecular weight excluding hydrogens is 517 g/mol. The van der Waals surface area contributed by atoms with Crippen LogP contribution in [0.2, 0.25) is 0 Å². The molecule has 0 radical (unpaired) electrons. The fraction of sp³-hybridized carbons (Fsp3) is 0.667. The van der Waals surface area contributed by atoms with Crippen LogP contribution in [-0.2, 0) is 4.79 Å². The molecular formula is C24H40IN5O2. The Labute approximate surface area is 210 Å². The number of hydrogen-bond donors (Lipinski definition) is 3. The first-order valence-corrected chi connectivity index (χ1v) is 11.9. The van der Waals surface area contributed by atoms with Crippen molar-refractivity contribution in [2.75, 3.05) is 39.8 Å². The molecule has 1 atom stereocenters. The van der Waals surface area contributed by atoms with Crippen LogP contribution in [0.1, 0.15) is 63.5 Å². The number of hydrogen-bond acceptors (Lipinski definition) is 4. The third kappa shape index (κ3) is 9.13. The number of amides is 1. The van der Waals surface area contributed by atoms with Gasteiger partial charge in [-0.1, -0.05) is 18.6 Å². The maximum Gasteiger partial charge on any atom is 0.220 e. The summed E-state index contributed by atoms with van der Waals surface area (Å²) in [6, 6.07) is 9.08. The number of halogens is 1. The molecule has 1 aliphatic carbocycles. The van der Waals surface area contributed by atoms with Gasteiger partial charge in [-0.15, -0.1) is 24.0 Å². The normalized spacial score (nSPS) is 17.8. The number of methoxy groups -OCH3 is 1. The van der Waals surface area contributed by atoms with E-state index in [1.54, 1.807) is 7.11 Å². The highest BCUT2D eigenvalue weighted by Gasteiger charge is 2.23. The number of rotatable bonds is 11. The van der Waals surface area contributed by atoms with Crippen LogP contribution >= 0.6 is 24.0 Å². The Morgan fingerprint density at radius 1 is 1.16 bits per heavy atom. The number of piperidine rings is 1. The third-order valence-corrected chi connectivity index (χ3v) is 5.91. The van der Waals surface area contributed by atoms with Gasteiger partial charge in [0.2, 0.25) is 5.91 Å². The number of likely N-dealkylation sites (tertiary alicyclic amines) is 1. The zero-order valence-corrected chi connectivity index (χ0v) is 21.9. The number of ether oxygens (including phenoxy) is 1. The van der Waals surface area contributed by atoms with Crippen molar-refractivity contribution in [2.24, 2.45) is 4.99 Å². The summed E-state index contributed by atoms with van der Waals surface area (Å²) >= 11 is 0. The van der Waals surface area contributed by atoms with Crippen molar-refractivity contribution in [2.45, 2.75) is 64.0 Å². The van der Waals surface area contributed by atoms with Gasteiger partial charge in [-0.3, -0.25) is 14.7 Å². The summed E-state index contributed by atoms with van der Waals surface area (Å²) in [5.41, 5.74) is 1.28. The van der Waals surface area contributed by atoms with E-state index in [9.17, 15) is 4.79 Å². The molecule has 0 bridgehead atoms. The van der Waals surface area contributed by atoms with E-state index in [2.05, 4.69) is 39.9 Å². The Kier molecular flexibility index (Phi) is 12.2. The number of carbonyl (C=O) groups is 1. The van der Waals surface area contributed by atoms with Gasteiger partial charge in [0.25, 0.3) is 0 Å². The topological polar surface area (TPSA) is 78.0 Å². The number of aliphatic imine (C=N–C) groups is 1. The van der Waals surface area contributed by atoms with E-state index in [1.165, 1.54) is 24.8 Å². The predicted molar refractivity (Wildman–Crippen MR) is 141 cm³/mol. The summed E-state index contributed by atoms with van der Waals surface area (Å²) in [6.45, 7) is 6.56. The highest BCUT2D eigenvalue weighted by atomic mass is 127. The minimum Gasteiger partial charge on any atom is -0.497 e. The van der Waals surface area contributed by atoms with Crippen molar-refractivity contribution < 1.29 is 9.53 Å². The molecule has 32 heavy (non-hydrogen) atoms. The lowest BCUT2D eigenvalue weighted by atomic mass is 10.0. The summed E-state index contributed by atoms with van der Waals surface area (Å²) < 4.78 is 5.33. The Morgan fingerprint density at radius 2 is 1.88 bits per heavy atom. The van der Waals surface area contributed by atoms with Crippen LogP contribution in [-0.4, -0.2) is 62.6 Å². The number of nitrogens with zero attached hydrogens (tertiary/aromatic N) is 2. The van der Waals surface area contributed by atoms with Gasteiger partial charge in [-0.05, 0) is 69.8 Å². The molecule has 1 unspecified atom stereocenters. The molecule has 3 N–H and O–H groups in total. The molecule has 2 fully saturated rings. The second-order valence-electron chi connectivity index (χ2n) is 8.48. The highest BCUT2D eigenvalue weighted by molar-refractivity contribution is 14.0. The van der Waals surface area contributed by atoms with E-state index in [4.69, 9.17) is 9.73 Å². The van der Waals surface area contributed by atoms with Crippen molar-refractivity contribution >= 4 is 35.8 Å². The van der Waals surface area contributed by atoms with Crippen LogP contribution in [0.3, 0.4) is 0 Å². The van der Waals surface area contributed by atoms with Crippen molar-refractivity contribution in [3.63, 3.8) is 0 Å². The Hall–Kier alpha value is -1.55. The average Bonchev–Trinajstić information content (AvgIpc) is 3.61. The molecule has 180 valence electrons. The van der Waals surface area contributed by atoms with Crippen LogP contribution < -0.4 is 20.7 Å². The highest BCUT2D eigenvalue weighted by Crippen LogP contribution is 2.26. The predicted octanol–water partition coefficient (Wildman–Crippen LogP) is 3.45. The summed E-state index contributed by atoms with van der Waals surface area (Å²) in [5, 5.41) is 9.78. The maximum absolute atomic E-state index is 11.9. The van der Waals surface area contributed by atoms with Crippen molar-refractivity contribution in [3.8, 4) is 5.75 Å². The molecule has 1 saturated carbocycles. The Balaban J connectivity index is 0.00000363. The Bertz CT molecular complexity index is 703. The third-order valence-electron chi connectivity index (χ3n) is 5.91. The molecule has 1 aromatic carbocycles. The van der Waals surface area contributed by atoms with Crippen molar-refractivity contribution in [1.82, 2.24) is 20.9 Å². The van der Waals surface area contributed by atoms with Gasteiger partial charge in [0.05, 0.1) is 19.7 Å². The number of carbonyl (C=O) groups excluding carboxylic acids is 1. The molecule has 1 heterocycles. The van der Waals surface area contributed by atoms with Gasteiger partial charge in [0.1, 0.15) is 5.75 Å². The molecule has 1 amide bonds. The largest absolute Gasteiger partial charge is 0.497 e. The molecule has 1 saturated heterocycles. The molecule has 0 spiro atoms. The van der Waals surface area contributed by atoms with E-state index in [0.717, 1.165) is 57.2 Å². The number of nitrogens with one attached hydrogen (secondary N) is 3. The first-order chi connectivity index (χ1) is 15.2. The lowest BCUT2D eigenvalue weighted by Gasteiger charge is -2.34. The molecule has 1 aromatic rings. The molecule has 8 heteroatoms. The van der Waals surface area contributed by atoms with Gasteiger partial charge < -0.3 is 20.7 Å². The smallest absolute Gasteiger partial charge is 0.220 e. The standard InChI is InChI=1S/C24H39N5O2.HI/c1-3-25-24(26-15-7-8-23(30)28-20-11-12-20)27-18-22(29-16-5-4-6-17-29)19-9-13-21(31-2)14-10-19;/h9-10,13-14,20,22H,3-8,11-12,15-18H2,1-2H3,(H,28,30)(H2,25,26,27);1H. The van der Waals surface area contributed by atoms with Gasteiger partial charge in [-0.25, -0.2) is 0 Å². The fourth-order valence-corrected chi connectivity index (χ4v) is 3.99. The SMILES string of the molecule is CCNC(=NCC(c1ccc(OC)cc1)N1CCCCC1)NCCCC(=O)NC1CC1.I. The van der Waals surface area contributed by atoms with Gasteiger partial charge in [0.15, 0.2) is 5.96 Å². The van der Waals surface area contributed by atoms with Crippen LogP contribution in [0.25, 0.3) is 0 Å². The van der Waals surface area contributed by atoms with Crippen LogP contribution in [0.5, 0.6) is 5.75 Å². The van der Waals surface area contributed by atoms with E-state index in [1.807, 2.05) is 12.1 Å². The molecule has 0 aromatic heterocycles. The van der Waals surface area contributed by atoms with E-state index < -0.39 is 0 Å². The monoisotopic (exact) mass is 557 g/mol. The second kappa shape index (κ2) is 14.6. The average molecular weight is 558 g/mol. The zero-order chi connectivity index (χ0) is 21.9. The van der Waals surface area contributed by atoms with Gasteiger partial charge >= 0.3 is 0 Å². The fourth-order valence-electron chi connectivity index (χ4n) is 3.99. The lowest BCUT2D eigenvalue weighted by Crippen LogP contribution is -2.40. The van der Waals surface area contributed by atoms with Gasteiger partial charge in [0, 0.05) is 25.6 Å². The number of benzene rings is 1. The molecule has 3 rings (SSSR count). The Morgan fingerprint density at radius 3 is 2.50 bits per heavy atom. The van der Waals surface area contributed by atoms with E-state index >= 15 is 0 Å². The maximum atomic E-state index is 11.9. The van der Waals surface area contributed by atoms with Crippen LogP contribution in [0, 0.1) is 0 Å². The summed E-state index contributed by atoms with van der Waals surface area (Å²) in [4.78, 5) is 19.3. The summed E-state index contributed by atoms with van der Waals surface area (Å²) in [7, 11) is 1.70. The number of guanidine groups is 1. The molecule has 2 aliphatic rings. The molecule has 7 nitrogen and oxygen atoms in total. The lowest BCUT2D eigenvalue weighted by molar-refractivity contribution is -0.121. The minimum absolute atomic E-state index is 0. The van der Waals surface area contributed by atoms with Gasteiger partial charge in [-0.2, -0.15) is 0 Å². The van der Waals surface area contributed by atoms with Crippen molar-refractivity contribution in [1.29, 1.82) is 0 Å². The second-order valence-corrected chi connectivity index (χ2v) is 8.48. The van der Waals surface area contributed by atoms with Crippen molar-refractivity contribution in [3.05, 3.63) is 29.8 Å². The quantitative estimate of drug-likeness (QED) is 0.168. The first kappa shape index (κ1) is 26.7. The van der Waals surface area contributed by atoms with Crippen LogP contribution in [0.4, 0.5) is 0 Å². The zero-order valence-electron chi connectivity index (χ0n) is 19.6. The van der Waals surface area contributed by atoms with E-state index in [-0.39, 0.29) is 35.9 Å². The summed E-state index contributed by atoms with van der Waals surface area (Å²) in [6.07, 6.45) is 7.44. The van der Waals surface area contributed by atoms with Crippen LogP contribution in [0.15, 0.2) is 29.3 Å².